The van der Waals surface area contributed by atoms with Gasteiger partial charge < -0.3 is 5.11 Å². The van der Waals surface area contributed by atoms with Crippen molar-refractivity contribution in [3.63, 3.8) is 0 Å². The SMILES string of the molecule is Cc1ccccc1[C@@H](C)CS(=O)(=O)CCCO. The van der Waals surface area contributed by atoms with E-state index in [9.17, 15) is 8.42 Å². The first kappa shape index (κ1) is 14.2. The Labute approximate surface area is 103 Å². The van der Waals surface area contributed by atoms with E-state index in [0.717, 1.165) is 11.1 Å². The largest absolute Gasteiger partial charge is 0.396 e. The minimum atomic E-state index is -3.07. The van der Waals surface area contributed by atoms with Crippen LogP contribution in [0.4, 0.5) is 0 Å². The van der Waals surface area contributed by atoms with Gasteiger partial charge in [-0.2, -0.15) is 0 Å². The first-order valence-electron chi connectivity index (χ1n) is 5.83. The van der Waals surface area contributed by atoms with Crippen molar-refractivity contribution < 1.29 is 13.5 Å². The summed E-state index contributed by atoms with van der Waals surface area (Å²) in [5.41, 5.74) is 2.21. The Kier molecular flexibility index (Phi) is 5.15. The predicted molar refractivity (Wildman–Crippen MR) is 70.0 cm³/mol. The molecule has 1 atom stereocenters. The van der Waals surface area contributed by atoms with Gasteiger partial charge in [0, 0.05) is 6.61 Å². The summed E-state index contributed by atoms with van der Waals surface area (Å²) in [6.45, 7) is 3.85. The molecule has 0 aliphatic carbocycles. The molecule has 0 heterocycles. The van der Waals surface area contributed by atoms with Gasteiger partial charge in [0.25, 0.3) is 0 Å². The van der Waals surface area contributed by atoms with Gasteiger partial charge in [-0.25, -0.2) is 8.42 Å². The number of sulfone groups is 1. The standard InChI is InChI=1S/C13H20O3S/c1-11-6-3-4-7-13(11)12(2)10-17(15,16)9-5-8-14/h3-4,6-7,12,14H,5,8-10H2,1-2H3/t12-/m0/s1. The van der Waals surface area contributed by atoms with Crippen LogP contribution >= 0.6 is 0 Å². The van der Waals surface area contributed by atoms with Crippen molar-refractivity contribution >= 4 is 9.84 Å². The zero-order valence-electron chi connectivity index (χ0n) is 10.4. The molecule has 0 unspecified atom stereocenters. The van der Waals surface area contributed by atoms with Crippen molar-refractivity contribution in [3.05, 3.63) is 35.4 Å². The molecule has 0 aliphatic rings. The van der Waals surface area contributed by atoms with E-state index in [2.05, 4.69) is 0 Å². The van der Waals surface area contributed by atoms with Crippen LogP contribution < -0.4 is 0 Å². The van der Waals surface area contributed by atoms with E-state index < -0.39 is 9.84 Å². The molecule has 96 valence electrons. The first-order valence-corrected chi connectivity index (χ1v) is 7.65. The van der Waals surface area contributed by atoms with Crippen molar-refractivity contribution in [2.45, 2.75) is 26.2 Å². The second-order valence-corrected chi connectivity index (χ2v) is 6.68. The lowest BCUT2D eigenvalue weighted by atomic mass is 9.98. The molecule has 4 heteroatoms. The molecule has 1 N–H and O–H groups in total. The molecule has 1 aromatic rings. The van der Waals surface area contributed by atoms with Crippen LogP contribution in [0.3, 0.4) is 0 Å². The van der Waals surface area contributed by atoms with Crippen LogP contribution in [0.15, 0.2) is 24.3 Å². The third-order valence-electron chi connectivity index (χ3n) is 2.84. The van der Waals surface area contributed by atoms with Crippen molar-refractivity contribution in [3.8, 4) is 0 Å². The topological polar surface area (TPSA) is 54.4 Å². The van der Waals surface area contributed by atoms with Gasteiger partial charge in [0.15, 0.2) is 9.84 Å². The monoisotopic (exact) mass is 256 g/mol. The lowest BCUT2D eigenvalue weighted by molar-refractivity contribution is 0.295. The maximum absolute atomic E-state index is 11.8. The van der Waals surface area contributed by atoms with Crippen molar-refractivity contribution in [1.29, 1.82) is 0 Å². The maximum atomic E-state index is 11.8. The highest BCUT2D eigenvalue weighted by Crippen LogP contribution is 2.21. The molecular formula is C13H20O3S. The maximum Gasteiger partial charge on any atom is 0.150 e. The van der Waals surface area contributed by atoms with Crippen LogP contribution in [0, 0.1) is 6.92 Å². The molecule has 3 nitrogen and oxygen atoms in total. The summed E-state index contributed by atoms with van der Waals surface area (Å²) in [4.78, 5) is 0. The Bertz CT molecular complexity index is 451. The molecule has 0 aliphatic heterocycles. The molecule has 0 saturated heterocycles. The minimum Gasteiger partial charge on any atom is -0.396 e. The Morgan fingerprint density at radius 1 is 1.29 bits per heavy atom. The van der Waals surface area contributed by atoms with Gasteiger partial charge >= 0.3 is 0 Å². The van der Waals surface area contributed by atoms with Gasteiger partial charge in [-0.15, -0.1) is 0 Å². The van der Waals surface area contributed by atoms with Crippen LogP contribution in [-0.2, 0) is 9.84 Å². The van der Waals surface area contributed by atoms with Crippen LogP contribution in [0.2, 0.25) is 0 Å². The van der Waals surface area contributed by atoms with Crippen molar-refractivity contribution in [2.24, 2.45) is 0 Å². The van der Waals surface area contributed by atoms with Crippen LogP contribution in [-0.4, -0.2) is 31.6 Å². The summed E-state index contributed by atoms with van der Waals surface area (Å²) in [6, 6.07) is 7.85. The predicted octanol–water partition coefficient (Wildman–Crippen LogP) is 1.90. The van der Waals surface area contributed by atoms with Crippen LogP contribution in [0.1, 0.15) is 30.4 Å². The number of rotatable bonds is 6. The molecule has 0 bridgehead atoms. The number of hydrogen-bond acceptors (Lipinski definition) is 3. The van der Waals surface area contributed by atoms with Crippen molar-refractivity contribution in [1.82, 2.24) is 0 Å². The third kappa shape index (κ3) is 4.48. The van der Waals surface area contributed by atoms with Crippen molar-refractivity contribution in [2.75, 3.05) is 18.1 Å². The van der Waals surface area contributed by atoms with E-state index in [1.807, 2.05) is 38.1 Å². The average Bonchev–Trinajstić information content (AvgIpc) is 2.26. The highest BCUT2D eigenvalue weighted by molar-refractivity contribution is 7.91. The summed E-state index contributed by atoms with van der Waals surface area (Å²) >= 11 is 0. The minimum absolute atomic E-state index is 0.0000992. The number of hydrogen-bond donors (Lipinski definition) is 1. The van der Waals surface area contributed by atoms with Gasteiger partial charge in [0.1, 0.15) is 0 Å². The smallest absolute Gasteiger partial charge is 0.150 e. The van der Waals surface area contributed by atoms with Gasteiger partial charge in [-0.05, 0) is 30.4 Å². The Morgan fingerprint density at radius 2 is 1.94 bits per heavy atom. The molecule has 0 amide bonds. The fourth-order valence-electron chi connectivity index (χ4n) is 1.98. The molecule has 0 spiro atoms. The van der Waals surface area contributed by atoms with Gasteiger partial charge in [0.05, 0.1) is 11.5 Å². The van der Waals surface area contributed by atoms with E-state index in [-0.39, 0.29) is 24.0 Å². The second-order valence-electron chi connectivity index (χ2n) is 4.45. The second kappa shape index (κ2) is 6.17. The quantitative estimate of drug-likeness (QED) is 0.845. The van der Waals surface area contributed by atoms with E-state index >= 15 is 0 Å². The van der Waals surface area contributed by atoms with E-state index in [4.69, 9.17) is 5.11 Å². The summed E-state index contributed by atoms with van der Waals surface area (Å²) in [5, 5.41) is 8.66. The molecule has 0 radical (unpaired) electrons. The molecule has 1 aromatic carbocycles. The summed E-state index contributed by atoms with van der Waals surface area (Å²) in [7, 11) is -3.07. The van der Waals surface area contributed by atoms with Gasteiger partial charge in [-0.1, -0.05) is 31.2 Å². The fraction of sp³-hybridized carbons (Fsp3) is 0.538. The fourth-order valence-corrected chi connectivity index (χ4v) is 3.66. The number of aliphatic hydroxyl groups is 1. The highest BCUT2D eigenvalue weighted by atomic mass is 32.2. The summed E-state index contributed by atoms with van der Waals surface area (Å²) in [5.74, 6) is 0.220. The number of aryl methyl sites for hydroxylation is 1. The number of aliphatic hydroxyl groups excluding tert-OH is 1. The average molecular weight is 256 g/mol. The zero-order valence-corrected chi connectivity index (χ0v) is 11.2. The van der Waals surface area contributed by atoms with Crippen LogP contribution in [0.5, 0.6) is 0 Å². The van der Waals surface area contributed by atoms with E-state index in [0.29, 0.717) is 6.42 Å². The molecule has 17 heavy (non-hydrogen) atoms. The van der Waals surface area contributed by atoms with Gasteiger partial charge in [-0.3, -0.25) is 0 Å². The zero-order chi connectivity index (χ0) is 12.9. The van der Waals surface area contributed by atoms with E-state index in [1.54, 1.807) is 0 Å². The lowest BCUT2D eigenvalue weighted by Crippen LogP contribution is -2.17. The lowest BCUT2D eigenvalue weighted by Gasteiger charge is -2.14. The Morgan fingerprint density at radius 3 is 2.53 bits per heavy atom. The number of benzene rings is 1. The molecule has 1 rings (SSSR count). The summed E-state index contributed by atoms with van der Waals surface area (Å²) < 4.78 is 23.5. The van der Waals surface area contributed by atoms with E-state index in [1.165, 1.54) is 0 Å². The van der Waals surface area contributed by atoms with Crippen LogP contribution in [0.25, 0.3) is 0 Å². The first-order chi connectivity index (χ1) is 7.96. The Balaban J connectivity index is 2.73. The normalized spacial score (nSPS) is 13.6. The molecular weight excluding hydrogens is 236 g/mol. The molecule has 0 aromatic heterocycles. The molecule has 0 fully saturated rings. The highest BCUT2D eigenvalue weighted by Gasteiger charge is 2.17. The van der Waals surface area contributed by atoms with Gasteiger partial charge in [0.2, 0.25) is 0 Å². The third-order valence-corrected chi connectivity index (χ3v) is 4.76. The summed E-state index contributed by atoms with van der Waals surface area (Å²) in [6.07, 6.45) is 0.322. The Hall–Kier alpha value is -0.870. The molecule has 0 saturated carbocycles.